The van der Waals surface area contributed by atoms with Gasteiger partial charge in [-0.1, -0.05) is 59.1 Å². The first-order chi connectivity index (χ1) is 54.9. The standard InChI is InChI=1S/C11H19N3OS.C9H14N2O2.C8H13N3O2.2C8H12N2O2S.2C8H12N2O2.C7H11N3OS.C6H8N2O2S/c1-5-6-7-8-9(10(15)14(3)4)16-11(12-2)13-8;1-4-11-6-7(10-2)5-8(11)9(12)13-3;1-4-13-8(12)6-5-7(9-2)10-11(6)3;1-4-12-7(11)6-5(2)10-8(9-3)13-6;1-3-12-7(11)4-6-5-13-8(9-2)10-6;1-9-6-4-7(8(11)12-3)10(2)5-6;1-4-11-6(2)7-5-8(9-3)10-12-7;1-4-5(6(11)8-2)12-7(9-3)10-4;1-7-6-8-4(3-11-6)5(9)10-2/h5-7H2,1-4H3,(H,12,13);5-6,10H,4H2,1-3H3;5H,4H2,1-3H3,(H,9,10);4H2,1-3H3,(H,9,10);5H,3-4H2,1-2H3,(H,9,10);4-5,9H,1-3H3;5H,2,4H2,1,3H3,(H,9,10);1-3H3,(H,8,11)(H,9,10);3H,1-2H3,(H,7,8). The molecule has 636 valence electrons. The van der Waals surface area contributed by atoms with E-state index in [9.17, 15) is 38.4 Å². The summed E-state index contributed by atoms with van der Waals surface area (Å²) in [6.07, 6.45) is 7.02. The van der Waals surface area contributed by atoms with E-state index >= 15 is 0 Å². The van der Waals surface area contributed by atoms with Gasteiger partial charge in [-0.3, -0.25) is 19.1 Å². The van der Waals surface area contributed by atoms with Gasteiger partial charge in [0.15, 0.2) is 42.9 Å². The molecular formula is C73H113N21O16S5. The molecule has 9 rings (SSSR count). The quantitative estimate of drug-likeness (QED) is 0.0124. The number of carbonyl (C=O) groups excluding carboxylic acids is 8. The van der Waals surface area contributed by atoms with Crippen LogP contribution in [0.2, 0.25) is 0 Å². The molecule has 10 N–H and O–H groups in total. The number of nitrogens with zero attached hydrogens (tertiary/aromatic N) is 11. The Balaban J connectivity index is 0.000000648. The number of aryl methyl sites for hydroxylation is 6. The first-order valence-corrected chi connectivity index (χ1v) is 39.9. The maximum atomic E-state index is 11.9. The largest absolute Gasteiger partial charge is 0.490 e. The molecule has 0 saturated carbocycles. The molecule has 42 heteroatoms. The molecule has 115 heavy (non-hydrogen) atoms. The van der Waals surface area contributed by atoms with E-state index in [-0.39, 0.29) is 48.1 Å². The number of carbonyl (C=O) groups is 8. The van der Waals surface area contributed by atoms with Crippen molar-refractivity contribution in [1.29, 1.82) is 0 Å². The average Bonchev–Trinajstić information content (AvgIpc) is 1.69. The van der Waals surface area contributed by atoms with Gasteiger partial charge >= 0.3 is 35.8 Å². The number of amides is 2. The van der Waals surface area contributed by atoms with Gasteiger partial charge in [-0.15, -0.1) is 22.7 Å². The van der Waals surface area contributed by atoms with Crippen LogP contribution in [-0.2, 0) is 71.4 Å². The minimum absolute atomic E-state index is 0.0464. The lowest BCUT2D eigenvalue weighted by Gasteiger charge is -2.09. The van der Waals surface area contributed by atoms with E-state index in [1.165, 1.54) is 82.7 Å². The third-order valence-corrected chi connectivity index (χ3v) is 19.5. The lowest BCUT2D eigenvalue weighted by Crippen LogP contribution is -2.21. The van der Waals surface area contributed by atoms with E-state index in [4.69, 9.17) is 23.5 Å². The van der Waals surface area contributed by atoms with E-state index < -0.39 is 5.97 Å². The monoisotopic (exact) mass is 1700 g/mol. The third-order valence-electron chi connectivity index (χ3n) is 14.3. The van der Waals surface area contributed by atoms with Gasteiger partial charge in [-0.05, 0) is 73.4 Å². The zero-order valence-corrected chi connectivity index (χ0v) is 74.3. The highest BCUT2D eigenvalue weighted by atomic mass is 32.1. The molecular weight excluding hydrogens is 1590 g/mol. The molecule has 0 aromatic carbocycles. The highest BCUT2D eigenvalue weighted by Crippen LogP contribution is 2.27. The summed E-state index contributed by atoms with van der Waals surface area (Å²) in [6, 6.07) is 6.90. The van der Waals surface area contributed by atoms with Crippen molar-refractivity contribution in [2.24, 2.45) is 14.1 Å². The summed E-state index contributed by atoms with van der Waals surface area (Å²) in [5.41, 5.74) is 6.91. The molecule has 9 aromatic heterocycles. The summed E-state index contributed by atoms with van der Waals surface area (Å²) in [5, 5.41) is 43.8. The van der Waals surface area contributed by atoms with Crippen LogP contribution < -0.4 is 53.2 Å². The Morgan fingerprint density at radius 3 is 1.49 bits per heavy atom. The van der Waals surface area contributed by atoms with Gasteiger partial charge in [0.25, 0.3) is 11.8 Å². The van der Waals surface area contributed by atoms with Crippen LogP contribution in [0.5, 0.6) is 0 Å². The summed E-state index contributed by atoms with van der Waals surface area (Å²) >= 11 is 6.95. The summed E-state index contributed by atoms with van der Waals surface area (Å²) in [4.78, 5) is 114. The topological polar surface area (TPSA) is 443 Å². The molecule has 37 nitrogen and oxygen atoms in total. The van der Waals surface area contributed by atoms with Gasteiger partial charge in [0.2, 0.25) is 5.76 Å². The number of rotatable bonds is 28. The summed E-state index contributed by atoms with van der Waals surface area (Å²) < 4.78 is 43.3. The Labute approximate surface area is 691 Å². The Bertz CT molecular complexity index is 4290. The molecule has 0 spiro atoms. The van der Waals surface area contributed by atoms with Crippen molar-refractivity contribution < 1.29 is 76.0 Å². The van der Waals surface area contributed by atoms with Gasteiger partial charge in [-0.2, -0.15) is 5.10 Å². The number of methoxy groups -OCH3 is 3. The second-order valence-corrected chi connectivity index (χ2v) is 27.2. The highest BCUT2D eigenvalue weighted by Gasteiger charge is 2.21. The zero-order valence-electron chi connectivity index (χ0n) is 70.2. The summed E-state index contributed by atoms with van der Waals surface area (Å²) in [7, 11) is 28.8. The van der Waals surface area contributed by atoms with E-state index in [2.05, 4.69) is 116 Å². The lowest BCUT2D eigenvalue weighted by atomic mass is 10.2. The normalized spacial score (nSPS) is 9.71. The number of esters is 6. The van der Waals surface area contributed by atoms with Crippen molar-refractivity contribution in [3.05, 3.63) is 120 Å². The number of thiazole rings is 5. The van der Waals surface area contributed by atoms with Crippen LogP contribution in [-0.4, -0.2) is 234 Å². The van der Waals surface area contributed by atoms with Crippen LogP contribution in [0.3, 0.4) is 0 Å². The first-order valence-electron chi connectivity index (χ1n) is 35.7. The van der Waals surface area contributed by atoms with Gasteiger partial charge < -0.3 is 105 Å². The van der Waals surface area contributed by atoms with E-state index in [1.54, 1.807) is 151 Å². The van der Waals surface area contributed by atoms with Gasteiger partial charge in [-0.25, -0.2) is 48.9 Å². The van der Waals surface area contributed by atoms with Crippen LogP contribution in [0, 0.1) is 13.8 Å². The fourth-order valence-corrected chi connectivity index (χ4v) is 12.4. The number of hydrogen-bond acceptors (Lipinski definition) is 37. The Kier molecular flexibility index (Phi) is 49.5. The molecule has 0 bridgehead atoms. The average molecular weight is 1700 g/mol. The predicted octanol–water partition coefficient (Wildman–Crippen LogP) is 11.6. The molecule has 0 aliphatic rings. The molecule has 0 saturated heterocycles. The van der Waals surface area contributed by atoms with Gasteiger partial charge in [0.05, 0.1) is 88.3 Å². The molecule has 9 aromatic rings. The number of ether oxygens (including phenoxy) is 7. The van der Waals surface area contributed by atoms with Crippen LogP contribution >= 0.6 is 56.7 Å². The molecule has 0 atom stereocenters. The number of anilines is 9. The van der Waals surface area contributed by atoms with Crippen LogP contribution in [0.4, 0.5) is 48.7 Å². The van der Waals surface area contributed by atoms with Crippen LogP contribution in [0.15, 0.2) is 58.5 Å². The Morgan fingerprint density at radius 1 is 0.522 bits per heavy atom. The van der Waals surface area contributed by atoms with Gasteiger partial charge in [0.1, 0.15) is 37.5 Å². The maximum Gasteiger partial charge on any atom is 0.357 e. The maximum absolute atomic E-state index is 11.9. The second kappa shape index (κ2) is 56.0. The van der Waals surface area contributed by atoms with E-state index in [0.717, 1.165) is 79.7 Å². The SMILES string of the molecule is C=C(OCC)c1cc(NC)no1.CCCCc1nc(NC)sc1C(=O)N(C)C.CCOC(=O)Cc1csc(NC)n1.CCOC(=O)c1cc(NC)nn1C.CCOC(=O)c1sc(NC)nc1C.CCn1cc(NC)cc1C(=O)OC.CNC(=O)c1sc(NC)nc1C.CNc1cc(C(=O)OC)n(C)c1.CNc1nc(C(=O)OC)cs1. The summed E-state index contributed by atoms with van der Waals surface area (Å²) in [5.74, 6) is 0.472. The Hall–Kier alpha value is -11.4. The number of aromatic nitrogens is 10. The van der Waals surface area contributed by atoms with E-state index in [1.807, 2.05) is 57.2 Å². The predicted molar refractivity (Wildman–Crippen MR) is 458 cm³/mol. The highest BCUT2D eigenvalue weighted by molar-refractivity contribution is 7.18. The van der Waals surface area contributed by atoms with Crippen molar-refractivity contribution in [2.75, 3.05) is 180 Å². The lowest BCUT2D eigenvalue weighted by molar-refractivity contribution is -0.142. The first kappa shape index (κ1) is 102. The van der Waals surface area contributed by atoms with Crippen molar-refractivity contribution in [1.82, 2.24) is 59.2 Å². The second-order valence-electron chi connectivity index (χ2n) is 22.5. The molecule has 0 fully saturated rings. The fourth-order valence-electron chi connectivity index (χ4n) is 8.46. The molecule has 9 heterocycles. The zero-order chi connectivity index (χ0) is 86.9. The van der Waals surface area contributed by atoms with Crippen molar-refractivity contribution in [2.45, 2.75) is 87.6 Å². The van der Waals surface area contributed by atoms with Gasteiger partial charge in [0, 0.05) is 140 Å². The molecule has 0 unspecified atom stereocenters. The molecule has 0 aliphatic carbocycles. The smallest absolute Gasteiger partial charge is 0.357 e. The molecule has 0 radical (unpaired) electrons. The van der Waals surface area contributed by atoms with Crippen LogP contribution in [0.25, 0.3) is 5.76 Å². The number of hydrogen-bond donors (Lipinski definition) is 10. The van der Waals surface area contributed by atoms with Crippen molar-refractivity contribution >= 4 is 159 Å². The third kappa shape index (κ3) is 35.3. The van der Waals surface area contributed by atoms with Crippen molar-refractivity contribution in [3.8, 4) is 0 Å². The van der Waals surface area contributed by atoms with E-state index in [0.29, 0.717) is 92.9 Å². The molecule has 2 amide bonds. The minimum Gasteiger partial charge on any atom is -0.490 e. The van der Waals surface area contributed by atoms with Crippen LogP contribution in [0.1, 0.15) is 154 Å². The fraction of sp³-hybridized carbons (Fsp3) is 0.466. The van der Waals surface area contributed by atoms with Crippen molar-refractivity contribution in [3.63, 3.8) is 0 Å². The Morgan fingerprint density at radius 2 is 1.03 bits per heavy atom. The number of unbranched alkanes of at least 4 members (excludes halogenated alkanes) is 1. The summed E-state index contributed by atoms with van der Waals surface area (Å²) in [6.45, 7) is 21.2. The minimum atomic E-state index is -0.400. The number of nitrogens with one attached hydrogen (secondary N) is 10. The molecule has 0 aliphatic heterocycles.